The van der Waals surface area contributed by atoms with E-state index in [0.29, 0.717) is 5.02 Å². The van der Waals surface area contributed by atoms with E-state index in [2.05, 4.69) is 26.6 Å². The van der Waals surface area contributed by atoms with Gasteiger partial charge >= 0.3 is 0 Å². The lowest BCUT2D eigenvalue weighted by molar-refractivity contribution is -0.115. The smallest absolute Gasteiger partial charge is 0.238 e. The van der Waals surface area contributed by atoms with E-state index >= 15 is 0 Å². The zero-order valence-electron chi connectivity index (χ0n) is 10.5. The molecule has 3 rings (SSSR count). The van der Waals surface area contributed by atoms with E-state index in [9.17, 15) is 4.79 Å². The maximum atomic E-state index is 11.8. The molecule has 0 saturated heterocycles. The van der Waals surface area contributed by atoms with Crippen LogP contribution in [0.25, 0.3) is 0 Å². The second kappa shape index (κ2) is 5.56. The van der Waals surface area contributed by atoms with Crippen molar-refractivity contribution in [2.45, 2.75) is 6.04 Å². The molecule has 1 atom stereocenters. The Labute approximate surface area is 130 Å². The van der Waals surface area contributed by atoms with Gasteiger partial charge in [0.1, 0.15) is 0 Å². The number of halogens is 2. The number of benzene rings is 2. The van der Waals surface area contributed by atoms with Gasteiger partial charge in [0.15, 0.2) is 0 Å². The summed E-state index contributed by atoms with van der Waals surface area (Å²) in [5, 5.41) is 6.86. The van der Waals surface area contributed by atoms with Crippen molar-refractivity contribution in [3.05, 3.63) is 63.1 Å². The molecule has 0 radical (unpaired) electrons. The highest BCUT2D eigenvalue weighted by Crippen LogP contribution is 2.33. The van der Waals surface area contributed by atoms with Crippen LogP contribution in [-0.2, 0) is 4.79 Å². The Morgan fingerprint density at radius 2 is 2.05 bits per heavy atom. The minimum atomic E-state index is -0.0693. The Morgan fingerprint density at radius 3 is 2.85 bits per heavy atom. The topological polar surface area (TPSA) is 41.1 Å². The Balaban J connectivity index is 2.12. The molecule has 0 fully saturated rings. The lowest BCUT2D eigenvalue weighted by Crippen LogP contribution is -2.27. The number of rotatable bonds is 1. The first-order valence-electron chi connectivity index (χ1n) is 6.21. The number of amides is 1. The van der Waals surface area contributed by atoms with Crippen LogP contribution in [0.4, 0.5) is 5.69 Å². The Hall–Kier alpha value is -1.36. The standard InChI is InChI=1S/C15H12BrClN2O/c16-10-4-5-13-12(7-10)15(18-8-14(20)19-13)9-2-1-3-11(17)6-9/h1-7,15,18H,8H2,(H,19,20). The molecule has 1 unspecified atom stereocenters. The molecule has 1 aliphatic heterocycles. The fourth-order valence-electron chi connectivity index (χ4n) is 2.37. The maximum Gasteiger partial charge on any atom is 0.238 e. The lowest BCUT2D eigenvalue weighted by Gasteiger charge is -2.19. The van der Waals surface area contributed by atoms with Crippen molar-refractivity contribution in [2.24, 2.45) is 0 Å². The zero-order chi connectivity index (χ0) is 14.1. The minimum Gasteiger partial charge on any atom is -0.325 e. The second-order valence-corrected chi connectivity index (χ2v) is 6.00. The zero-order valence-corrected chi connectivity index (χ0v) is 12.8. The van der Waals surface area contributed by atoms with Crippen molar-refractivity contribution < 1.29 is 4.79 Å². The molecule has 102 valence electrons. The normalized spacial score (nSPS) is 18.1. The Bertz CT molecular complexity index is 675. The Kier molecular flexibility index (Phi) is 3.78. The predicted molar refractivity (Wildman–Crippen MR) is 84.1 cm³/mol. The highest BCUT2D eigenvalue weighted by molar-refractivity contribution is 9.10. The first-order chi connectivity index (χ1) is 9.63. The van der Waals surface area contributed by atoms with Gasteiger partial charge < -0.3 is 5.32 Å². The summed E-state index contributed by atoms with van der Waals surface area (Å²) in [4.78, 5) is 11.8. The molecule has 2 aromatic rings. The maximum absolute atomic E-state index is 11.8. The van der Waals surface area contributed by atoms with Crippen molar-refractivity contribution in [1.82, 2.24) is 5.32 Å². The number of hydrogen-bond donors (Lipinski definition) is 2. The van der Waals surface area contributed by atoms with E-state index in [1.165, 1.54) is 0 Å². The van der Waals surface area contributed by atoms with Crippen LogP contribution >= 0.6 is 27.5 Å². The fraction of sp³-hybridized carbons (Fsp3) is 0.133. The molecular weight excluding hydrogens is 340 g/mol. The second-order valence-electron chi connectivity index (χ2n) is 4.65. The monoisotopic (exact) mass is 350 g/mol. The molecule has 2 aromatic carbocycles. The van der Waals surface area contributed by atoms with Crippen LogP contribution < -0.4 is 10.6 Å². The molecule has 1 amide bonds. The number of hydrogen-bond acceptors (Lipinski definition) is 2. The van der Waals surface area contributed by atoms with Crippen LogP contribution in [0, 0.1) is 0 Å². The molecule has 0 bridgehead atoms. The van der Waals surface area contributed by atoms with E-state index in [-0.39, 0.29) is 18.5 Å². The van der Waals surface area contributed by atoms with E-state index in [1.807, 2.05) is 42.5 Å². The summed E-state index contributed by atoms with van der Waals surface area (Å²) in [6, 6.07) is 13.4. The molecule has 0 aromatic heterocycles. The number of anilines is 1. The molecule has 0 aliphatic carbocycles. The molecule has 5 heteroatoms. The third-order valence-electron chi connectivity index (χ3n) is 3.25. The highest BCUT2D eigenvalue weighted by atomic mass is 79.9. The molecule has 20 heavy (non-hydrogen) atoms. The van der Waals surface area contributed by atoms with E-state index in [1.54, 1.807) is 0 Å². The minimum absolute atomic E-state index is 0.0434. The molecule has 0 saturated carbocycles. The van der Waals surface area contributed by atoms with Gasteiger partial charge in [-0.25, -0.2) is 0 Å². The van der Waals surface area contributed by atoms with Gasteiger partial charge in [0.2, 0.25) is 5.91 Å². The fourth-order valence-corrected chi connectivity index (χ4v) is 2.95. The first-order valence-corrected chi connectivity index (χ1v) is 7.39. The van der Waals surface area contributed by atoms with Gasteiger partial charge in [-0.05, 0) is 41.5 Å². The predicted octanol–water partition coefficient (Wildman–Crippen LogP) is 3.73. The van der Waals surface area contributed by atoms with E-state index in [4.69, 9.17) is 11.6 Å². The summed E-state index contributed by atoms with van der Waals surface area (Å²) in [6.07, 6.45) is 0. The summed E-state index contributed by atoms with van der Waals surface area (Å²) in [5.41, 5.74) is 2.88. The molecule has 2 N–H and O–H groups in total. The average molecular weight is 352 g/mol. The lowest BCUT2D eigenvalue weighted by atomic mass is 9.97. The van der Waals surface area contributed by atoms with Gasteiger partial charge in [0, 0.05) is 15.2 Å². The van der Waals surface area contributed by atoms with Crippen molar-refractivity contribution >= 4 is 39.1 Å². The summed E-state index contributed by atoms with van der Waals surface area (Å²) >= 11 is 9.55. The van der Waals surface area contributed by atoms with Gasteiger partial charge in [-0.15, -0.1) is 0 Å². The molecule has 1 heterocycles. The van der Waals surface area contributed by atoms with E-state index in [0.717, 1.165) is 21.3 Å². The van der Waals surface area contributed by atoms with Gasteiger partial charge in [-0.1, -0.05) is 39.7 Å². The average Bonchev–Trinajstić information content (AvgIpc) is 2.57. The number of carbonyl (C=O) groups is 1. The third kappa shape index (κ3) is 2.73. The summed E-state index contributed by atoms with van der Waals surface area (Å²) < 4.78 is 0.973. The Morgan fingerprint density at radius 1 is 1.20 bits per heavy atom. The molecular formula is C15H12BrClN2O. The van der Waals surface area contributed by atoms with Crippen LogP contribution in [0.2, 0.25) is 5.02 Å². The van der Waals surface area contributed by atoms with Crippen LogP contribution in [0.15, 0.2) is 46.9 Å². The first kappa shape index (κ1) is 13.6. The highest BCUT2D eigenvalue weighted by Gasteiger charge is 2.23. The summed E-state index contributed by atoms with van der Waals surface area (Å²) in [6.45, 7) is 0.267. The van der Waals surface area contributed by atoms with Crippen molar-refractivity contribution in [1.29, 1.82) is 0 Å². The SMILES string of the molecule is O=C1CNC(c2cccc(Cl)c2)c2cc(Br)ccc2N1. The largest absolute Gasteiger partial charge is 0.325 e. The number of fused-ring (bicyclic) bond motifs is 1. The van der Waals surface area contributed by atoms with E-state index < -0.39 is 0 Å². The quantitative estimate of drug-likeness (QED) is 0.822. The number of carbonyl (C=O) groups excluding carboxylic acids is 1. The van der Waals surface area contributed by atoms with Crippen LogP contribution in [0.3, 0.4) is 0 Å². The van der Waals surface area contributed by atoms with Crippen LogP contribution in [0.1, 0.15) is 17.2 Å². The van der Waals surface area contributed by atoms with Gasteiger partial charge in [0.25, 0.3) is 0 Å². The number of nitrogens with one attached hydrogen (secondary N) is 2. The molecule has 3 nitrogen and oxygen atoms in total. The van der Waals surface area contributed by atoms with Crippen LogP contribution in [-0.4, -0.2) is 12.5 Å². The summed E-state index contributed by atoms with van der Waals surface area (Å²) in [7, 11) is 0. The van der Waals surface area contributed by atoms with Crippen molar-refractivity contribution in [2.75, 3.05) is 11.9 Å². The molecule has 1 aliphatic rings. The third-order valence-corrected chi connectivity index (χ3v) is 3.98. The summed E-state index contributed by atoms with van der Waals surface area (Å²) in [5.74, 6) is -0.0434. The molecule has 0 spiro atoms. The van der Waals surface area contributed by atoms with Crippen molar-refractivity contribution in [3.63, 3.8) is 0 Å². The van der Waals surface area contributed by atoms with Gasteiger partial charge in [-0.3, -0.25) is 10.1 Å². The van der Waals surface area contributed by atoms with Crippen molar-refractivity contribution in [3.8, 4) is 0 Å². The van der Waals surface area contributed by atoms with Gasteiger partial charge in [-0.2, -0.15) is 0 Å². The van der Waals surface area contributed by atoms with Crippen LogP contribution in [0.5, 0.6) is 0 Å². The van der Waals surface area contributed by atoms with Gasteiger partial charge in [0.05, 0.1) is 12.6 Å².